The van der Waals surface area contributed by atoms with Gasteiger partial charge in [-0.2, -0.15) is 4.98 Å². The number of benzene rings is 1. The van der Waals surface area contributed by atoms with Gasteiger partial charge in [0, 0.05) is 19.7 Å². The molecule has 3 rings (SSSR count). The number of aromatic nitrogens is 2. The summed E-state index contributed by atoms with van der Waals surface area (Å²) in [6.45, 7) is 3.44. The van der Waals surface area contributed by atoms with Crippen LogP contribution in [0.1, 0.15) is 24.3 Å². The normalized spacial score (nSPS) is 18.3. The van der Waals surface area contributed by atoms with Gasteiger partial charge in [0.15, 0.2) is 0 Å². The molecule has 2 aromatic rings. The van der Waals surface area contributed by atoms with Crippen molar-refractivity contribution in [3.63, 3.8) is 0 Å². The Morgan fingerprint density at radius 2 is 2.09 bits per heavy atom. The van der Waals surface area contributed by atoms with Gasteiger partial charge in [0.05, 0.1) is 12.6 Å². The second kappa shape index (κ2) is 6.50. The van der Waals surface area contributed by atoms with Crippen molar-refractivity contribution in [2.75, 3.05) is 20.6 Å². The largest absolute Gasteiger partial charge is 0.347 e. The molecule has 122 valence electrons. The lowest BCUT2D eigenvalue weighted by Crippen LogP contribution is -2.42. The average Bonchev–Trinajstić information content (AvgIpc) is 3.17. The first kappa shape index (κ1) is 15.7. The quantitative estimate of drug-likeness (QED) is 0.865. The van der Waals surface area contributed by atoms with Crippen LogP contribution in [-0.4, -0.2) is 52.5 Å². The number of hydrogen-bond donors (Lipinski definition) is 0. The van der Waals surface area contributed by atoms with Gasteiger partial charge in [-0.25, -0.2) is 0 Å². The fraction of sp³-hybridized carbons (Fsp3) is 0.471. The number of carbonyl (C=O) groups is 1. The van der Waals surface area contributed by atoms with Gasteiger partial charge in [-0.05, 0) is 26.3 Å². The molecule has 1 aromatic heterocycles. The molecule has 1 aliphatic rings. The second-order valence-electron chi connectivity index (χ2n) is 6.24. The van der Waals surface area contributed by atoms with Crippen LogP contribution in [-0.2, 0) is 11.3 Å². The average molecular weight is 314 g/mol. The van der Waals surface area contributed by atoms with Crippen molar-refractivity contribution in [2.45, 2.75) is 32.4 Å². The predicted molar refractivity (Wildman–Crippen MR) is 86.6 cm³/mol. The third-order valence-corrected chi connectivity index (χ3v) is 4.21. The van der Waals surface area contributed by atoms with E-state index in [1.54, 1.807) is 19.0 Å². The van der Waals surface area contributed by atoms with Gasteiger partial charge in [0.1, 0.15) is 0 Å². The second-order valence-corrected chi connectivity index (χ2v) is 6.24. The molecule has 0 unspecified atom stereocenters. The van der Waals surface area contributed by atoms with Gasteiger partial charge in [0.25, 0.3) is 0 Å². The van der Waals surface area contributed by atoms with Crippen molar-refractivity contribution >= 4 is 5.91 Å². The van der Waals surface area contributed by atoms with E-state index in [1.165, 1.54) is 5.56 Å². The first-order chi connectivity index (χ1) is 11.0. The van der Waals surface area contributed by atoms with Crippen LogP contribution in [0, 0.1) is 6.92 Å². The fourth-order valence-electron chi connectivity index (χ4n) is 2.91. The van der Waals surface area contributed by atoms with Crippen molar-refractivity contribution < 1.29 is 9.32 Å². The summed E-state index contributed by atoms with van der Waals surface area (Å²) >= 11 is 0. The molecule has 1 atom stereocenters. The monoisotopic (exact) mass is 314 g/mol. The Morgan fingerprint density at radius 3 is 2.78 bits per heavy atom. The maximum Gasteiger partial charge on any atom is 0.241 e. The Hall–Kier alpha value is -2.21. The van der Waals surface area contributed by atoms with Crippen molar-refractivity contribution in [3.05, 3.63) is 35.7 Å². The summed E-state index contributed by atoms with van der Waals surface area (Å²) in [4.78, 5) is 20.5. The summed E-state index contributed by atoms with van der Waals surface area (Å²) in [5.74, 6) is 1.29. The SMILES string of the molecule is Cc1ccc(-c2noc(CN3CCC[C@H]3C(=O)N(C)C)n2)cc1. The summed E-state index contributed by atoms with van der Waals surface area (Å²) in [5.41, 5.74) is 2.13. The topological polar surface area (TPSA) is 62.5 Å². The molecule has 1 aromatic carbocycles. The minimum absolute atomic E-state index is 0.0836. The minimum Gasteiger partial charge on any atom is -0.347 e. The number of likely N-dealkylation sites (tertiary alicyclic amines) is 1. The van der Waals surface area contributed by atoms with Crippen molar-refractivity contribution in [2.24, 2.45) is 0 Å². The van der Waals surface area contributed by atoms with Crippen LogP contribution in [0.15, 0.2) is 28.8 Å². The minimum atomic E-state index is -0.0836. The van der Waals surface area contributed by atoms with E-state index in [0.29, 0.717) is 18.3 Å². The summed E-state index contributed by atoms with van der Waals surface area (Å²) in [7, 11) is 3.59. The van der Waals surface area contributed by atoms with Crippen LogP contribution in [0.2, 0.25) is 0 Å². The van der Waals surface area contributed by atoms with Crippen LogP contribution < -0.4 is 0 Å². The van der Waals surface area contributed by atoms with E-state index in [9.17, 15) is 4.79 Å². The molecule has 6 nitrogen and oxygen atoms in total. The fourth-order valence-corrected chi connectivity index (χ4v) is 2.91. The van der Waals surface area contributed by atoms with Crippen molar-refractivity contribution in [1.82, 2.24) is 19.9 Å². The Kier molecular flexibility index (Phi) is 4.43. The summed E-state index contributed by atoms with van der Waals surface area (Å²) in [6.07, 6.45) is 1.90. The molecule has 0 saturated carbocycles. The number of aryl methyl sites for hydroxylation is 1. The van der Waals surface area contributed by atoms with Gasteiger partial charge in [-0.3, -0.25) is 9.69 Å². The van der Waals surface area contributed by atoms with Gasteiger partial charge in [0.2, 0.25) is 17.6 Å². The molecule has 0 aliphatic carbocycles. The molecule has 1 saturated heterocycles. The zero-order valence-electron chi connectivity index (χ0n) is 13.8. The third kappa shape index (κ3) is 3.42. The van der Waals surface area contributed by atoms with Gasteiger partial charge >= 0.3 is 0 Å². The number of carbonyl (C=O) groups excluding carboxylic acids is 1. The van der Waals surface area contributed by atoms with E-state index >= 15 is 0 Å². The lowest BCUT2D eigenvalue weighted by Gasteiger charge is -2.24. The maximum atomic E-state index is 12.2. The van der Waals surface area contributed by atoms with Gasteiger partial charge < -0.3 is 9.42 Å². The Labute approximate surface area is 136 Å². The molecule has 23 heavy (non-hydrogen) atoms. The van der Waals surface area contributed by atoms with E-state index in [-0.39, 0.29) is 11.9 Å². The van der Waals surface area contributed by atoms with Crippen LogP contribution in [0.25, 0.3) is 11.4 Å². The molecule has 0 N–H and O–H groups in total. The highest BCUT2D eigenvalue weighted by molar-refractivity contribution is 5.81. The molecular formula is C17H22N4O2. The smallest absolute Gasteiger partial charge is 0.241 e. The van der Waals surface area contributed by atoms with Gasteiger partial charge in [-0.15, -0.1) is 0 Å². The number of rotatable bonds is 4. The standard InChI is InChI=1S/C17H22N4O2/c1-12-6-8-13(9-7-12)16-18-15(23-19-16)11-21-10-4-5-14(21)17(22)20(2)3/h6-9,14H,4-5,10-11H2,1-3H3/t14-/m0/s1. The number of amides is 1. The van der Waals surface area contributed by atoms with Crippen molar-refractivity contribution in [1.29, 1.82) is 0 Å². The molecule has 0 radical (unpaired) electrons. The number of hydrogen-bond acceptors (Lipinski definition) is 5. The molecular weight excluding hydrogens is 292 g/mol. The lowest BCUT2D eigenvalue weighted by molar-refractivity contribution is -0.133. The van der Waals surface area contributed by atoms with E-state index in [1.807, 2.05) is 31.2 Å². The highest BCUT2D eigenvalue weighted by Crippen LogP contribution is 2.22. The molecule has 1 amide bonds. The predicted octanol–water partition coefficient (Wildman–Crippen LogP) is 2.10. The molecule has 2 heterocycles. The summed E-state index contributed by atoms with van der Waals surface area (Å²) in [5, 5.41) is 4.06. The van der Waals surface area contributed by atoms with Gasteiger partial charge in [-0.1, -0.05) is 35.0 Å². The number of likely N-dealkylation sites (N-methyl/N-ethyl adjacent to an activating group) is 1. The lowest BCUT2D eigenvalue weighted by atomic mass is 10.1. The van der Waals surface area contributed by atoms with Crippen LogP contribution in [0.4, 0.5) is 0 Å². The van der Waals surface area contributed by atoms with Crippen molar-refractivity contribution in [3.8, 4) is 11.4 Å². The summed E-state index contributed by atoms with van der Waals surface area (Å²) < 4.78 is 5.37. The Morgan fingerprint density at radius 1 is 1.35 bits per heavy atom. The molecule has 0 bridgehead atoms. The highest BCUT2D eigenvalue weighted by Gasteiger charge is 2.32. The van der Waals surface area contributed by atoms with Crippen LogP contribution in [0.3, 0.4) is 0 Å². The van der Waals surface area contributed by atoms with E-state index in [4.69, 9.17) is 4.52 Å². The van der Waals surface area contributed by atoms with Crippen LogP contribution >= 0.6 is 0 Å². The van der Waals surface area contributed by atoms with E-state index in [2.05, 4.69) is 15.0 Å². The highest BCUT2D eigenvalue weighted by atomic mass is 16.5. The van der Waals surface area contributed by atoms with E-state index < -0.39 is 0 Å². The Balaban J connectivity index is 1.71. The third-order valence-electron chi connectivity index (χ3n) is 4.21. The first-order valence-electron chi connectivity index (χ1n) is 7.89. The zero-order chi connectivity index (χ0) is 16.4. The molecule has 0 spiro atoms. The first-order valence-corrected chi connectivity index (χ1v) is 7.89. The molecule has 1 aliphatic heterocycles. The molecule has 1 fully saturated rings. The van der Waals surface area contributed by atoms with Crippen LogP contribution in [0.5, 0.6) is 0 Å². The maximum absolute atomic E-state index is 12.2. The van der Waals surface area contributed by atoms with E-state index in [0.717, 1.165) is 24.9 Å². The zero-order valence-corrected chi connectivity index (χ0v) is 13.8. The molecule has 6 heteroatoms. The Bertz CT molecular complexity index is 678. The number of nitrogens with zero attached hydrogens (tertiary/aromatic N) is 4. The summed E-state index contributed by atoms with van der Waals surface area (Å²) in [6, 6.07) is 7.94.